The maximum absolute atomic E-state index is 12.7. The standard InChI is InChI=1S/C21H31NO5Si/c1-20(2,3)28(21(4,5)6)26-13-14(17(12-23)27-28)11-22-18(24)15-9-7-8-10-16(15)19(22)25/h7-10,14,17,23H,11-13H2,1-6H3/t14-,17+/m0/s1. The number of amides is 2. The van der Waals surface area contributed by atoms with E-state index >= 15 is 0 Å². The van der Waals surface area contributed by atoms with Gasteiger partial charge in [-0.15, -0.1) is 0 Å². The normalized spacial score (nSPS) is 25.2. The molecule has 2 amide bonds. The number of carbonyl (C=O) groups excluding carboxylic acids is 2. The van der Waals surface area contributed by atoms with E-state index in [0.29, 0.717) is 17.7 Å². The maximum Gasteiger partial charge on any atom is 0.349 e. The molecular formula is C21H31NO5Si. The third-order valence-corrected chi connectivity index (χ3v) is 11.0. The van der Waals surface area contributed by atoms with Crippen molar-refractivity contribution in [3.05, 3.63) is 35.4 Å². The summed E-state index contributed by atoms with van der Waals surface area (Å²) in [5.41, 5.74) is 0.859. The van der Waals surface area contributed by atoms with Crippen LogP contribution in [0.4, 0.5) is 0 Å². The Bertz CT molecular complexity index is 731. The van der Waals surface area contributed by atoms with Gasteiger partial charge in [0, 0.05) is 29.1 Å². The Morgan fingerprint density at radius 3 is 1.96 bits per heavy atom. The zero-order chi connectivity index (χ0) is 20.9. The van der Waals surface area contributed by atoms with Crippen molar-refractivity contribution in [2.75, 3.05) is 19.8 Å². The summed E-state index contributed by atoms with van der Waals surface area (Å²) in [6.45, 7) is 13.1. The number of hydrogen-bond donors (Lipinski definition) is 1. The number of benzene rings is 1. The molecule has 1 N–H and O–H groups in total. The van der Waals surface area contributed by atoms with Crippen LogP contribution in [0.3, 0.4) is 0 Å². The largest absolute Gasteiger partial charge is 0.394 e. The molecule has 6 nitrogen and oxygen atoms in total. The first-order valence-electron chi connectivity index (χ1n) is 9.81. The lowest BCUT2D eigenvalue weighted by Gasteiger charge is -2.54. The molecule has 0 unspecified atom stereocenters. The molecule has 154 valence electrons. The van der Waals surface area contributed by atoms with Gasteiger partial charge in [0.05, 0.1) is 23.8 Å². The van der Waals surface area contributed by atoms with Gasteiger partial charge in [-0.25, -0.2) is 0 Å². The van der Waals surface area contributed by atoms with Gasteiger partial charge in [0.15, 0.2) is 0 Å². The summed E-state index contributed by atoms with van der Waals surface area (Å²) < 4.78 is 13.0. The quantitative estimate of drug-likeness (QED) is 0.616. The van der Waals surface area contributed by atoms with E-state index in [-0.39, 0.29) is 41.0 Å². The molecule has 2 aliphatic heterocycles. The van der Waals surface area contributed by atoms with Crippen molar-refractivity contribution >= 4 is 20.4 Å². The molecule has 1 aromatic carbocycles. The molecule has 7 heteroatoms. The second kappa shape index (κ2) is 7.06. The third-order valence-electron chi connectivity index (χ3n) is 5.79. The van der Waals surface area contributed by atoms with Crippen molar-refractivity contribution in [2.24, 2.45) is 5.92 Å². The predicted molar refractivity (Wildman–Crippen MR) is 108 cm³/mol. The van der Waals surface area contributed by atoms with Crippen molar-refractivity contribution in [3.63, 3.8) is 0 Å². The van der Waals surface area contributed by atoms with Gasteiger partial charge in [0.25, 0.3) is 11.8 Å². The fourth-order valence-corrected chi connectivity index (χ4v) is 9.62. The zero-order valence-electron chi connectivity index (χ0n) is 17.6. The molecule has 28 heavy (non-hydrogen) atoms. The van der Waals surface area contributed by atoms with E-state index in [9.17, 15) is 14.7 Å². The number of nitrogens with zero attached hydrogens (tertiary/aromatic N) is 1. The van der Waals surface area contributed by atoms with E-state index in [4.69, 9.17) is 8.85 Å². The highest BCUT2D eigenvalue weighted by atomic mass is 28.4. The zero-order valence-corrected chi connectivity index (χ0v) is 18.6. The molecule has 0 aliphatic carbocycles. The fourth-order valence-electron chi connectivity index (χ4n) is 4.58. The molecule has 0 spiro atoms. The molecule has 2 heterocycles. The molecule has 3 rings (SSSR count). The third kappa shape index (κ3) is 3.24. The highest BCUT2D eigenvalue weighted by Gasteiger charge is 2.62. The lowest BCUT2D eigenvalue weighted by atomic mass is 10.0. The van der Waals surface area contributed by atoms with Gasteiger partial charge in [0.1, 0.15) is 0 Å². The number of aliphatic hydroxyl groups is 1. The number of hydrogen-bond acceptors (Lipinski definition) is 5. The average molecular weight is 406 g/mol. The second-order valence-corrected chi connectivity index (χ2v) is 14.6. The van der Waals surface area contributed by atoms with E-state index in [1.54, 1.807) is 24.3 Å². The van der Waals surface area contributed by atoms with E-state index in [1.807, 2.05) is 0 Å². The molecule has 0 saturated carbocycles. The fraction of sp³-hybridized carbons (Fsp3) is 0.619. The van der Waals surface area contributed by atoms with Gasteiger partial charge >= 0.3 is 8.56 Å². The Balaban J connectivity index is 1.83. The summed E-state index contributed by atoms with van der Waals surface area (Å²) in [7, 11) is -2.71. The number of carbonyl (C=O) groups is 2. The van der Waals surface area contributed by atoms with Crippen LogP contribution in [0.2, 0.25) is 10.1 Å². The van der Waals surface area contributed by atoms with Crippen molar-refractivity contribution in [2.45, 2.75) is 57.7 Å². The lowest BCUT2D eigenvalue weighted by Crippen LogP contribution is -2.65. The summed E-state index contributed by atoms with van der Waals surface area (Å²) in [4.78, 5) is 26.6. The Labute approximate surface area is 168 Å². The topological polar surface area (TPSA) is 76.1 Å². The molecule has 2 atom stereocenters. The van der Waals surface area contributed by atoms with Crippen molar-refractivity contribution in [3.8, 4) is 0 Å². The van der Waals surface area contributed by atoms with Crippen LogP contribution in [-0.2, 0) is 8.85 Å². The molecule has 0 bridgehead atoms. The summed E-state index contributed by atoms with van der Waals surface area (Å²) in [5.74, 6) is -0.853. The van der Waals surface area contributed by atoms with Gasteiger partial charge in [-0.05, 0) is 12.1 Å². The summed E-state index contributed by atoms with van der Waals surface area (Å²) >= 11 is 0. The number of imide groups is 1. The molecule has 0 radical (unpaired) electrons. The second-order valence-electron chi connectivity index (χ2n) is 9.79. The molecule has 1 aromatic rings. The van der Waals surface area contributed by atoms with Crippen LogP contribution in [-0.4, -0.2) is 56.2 Å². The van der Waals surface area contributed by atoms with E-state index < -0.39 is 14.7 Å². The number of fused-ring (bicyclic) bond motifs is 1. The highest BCUT2D eigenvalue weighted by molar-refractivity contribution is 6.73. The number of rotatable bonds is 3. The van der Waals surface area contributed by atoms with Crippen LogP contribution in [0.1, 0.15) is 62.3 Å². The van der Waals surface area contributed by atoms with Crippen LogP contribution < -0.4 is 0 Å². The smallest absolute Gasteiger partial charge is 0.349 e. The SMILES string of the molecule is CC(C)(C)[Si]1(C(C)(C)C)OC[C@H](CN2C(=O)c3ccccc3C2=O)[C@@H](CO)O1. The Hall–Kier alpha value is -1.54. The highest BCUT2D eigenvalue weighted by Crippen LogP contribution is 2.54. The Kier molecular flexibility index (Phi) is 5.33. The van der Waals surface area contributed by atoms with Gasteiger partial charge < -0.3 is 14.0 Å². The van der Waals surface area contributed by atoms with Gasteiger partial charge in [-0.2, -0.15) is 0 Å². The van der Waals surface area contributed by atoms with Crippen molar-refractivity contribution in [1.29, 1.82) is 0 Å². The minimum absolute atomic E-state index is 0.169. The van der Waals surface area contributed by atoms with E-state index in [2.05, 4.69) is 41.5 Å². The summed E-state index contributed by atoms with van der Waals surface area (Å²) in [6, 6.07) is 6.85. The van der Waals surface area contributed by atoms with Crippen LogP contribution in [0, 0.1) is 5.92 Å². The van der Waals surface area contributed by atoms with Crippen molar-refractivity contribution < 1.29 is 23.5 Å². The minimum atomic E-state index is -2.71. The average Bonchev–Trinajstić information content (AvgIpc) is 2.85. The first-order chi connectivity index (χ1) is 12.9. The van der Waals surface area contributed by atoms with E-state index in [1.165, 1.54) is 4.90 Å². The molecule has 1 fully saturated rings. The van der Waals surface area contributed by atoms with Crippen LogP contribution >= 0.6 is 0 Å². The Morgan fingerprint density at radius 1 is 1.04 bits per heavy atom. The molecule has 0 aromatic heterocycles. The summed E-state index contributed by atoms with van der Waals surface area (Å²) in [6.07, 6.45) is -0.469. The Morgan fingerprint density at radius 2 is 1.54 bits per heavy atom. The first kappa shape index (κ1) is 21.2. The predicted octanol–water partition coefficient (Wildman–Crippen LogP) is 3.35. The maximum atomic E-state index is 12.7. The molecule has 1 saturated heterocycles. The van der Waals surface area contributed by atoms with Crippen molar-refractivity contribution in [1.82, 2.24) is 4.90 Å². The minimum Gasteiger partial charge on any atom is -0.394 e. The van der Waals surface area contributed by atoms with Crippen LogP contribution in [0.15, 0.2) is 24.3 Å². The lowest BCUT2D eigenvalue weighted by molar-refractivity contribution is -0.0535. The first-order valence-corrected chi connectivity index (χ1v) is 11.6. The monoisotopic (exact) mass is 405 g/mol. The van der Waals surface area contributed by atoms with Gasteiger partial charge in [0.2, 0.25) is 0 Å². The number of aliphatic hydroxyl groups excluding tert-OH is 1. The van der Waals surface area contributed by atoms with Crippen LogP contribution in [0.5, 0.6) is 0 Å². The summed E-state index contributed by atoms with van der Waals surface area (Å²) in [5, 5.41) is 9.67. The van der Waals surface area contributed by atoms with Gasteiger partial charge in [-0.3, -0.25) is 14.5 Å². The van der Waals surface area contributed by atoms with Crippen LogP contribution in [0.25, 0.3) is 0 Å². The van der Waals surface area contributed by atoms with Gasteiger partial charge in [-0.1, -0.05) is 53.7 Å². The molecule has 2 aliphatic rings. The molecular weight excluding hydrogens is 374 g/mol. The van der Waals surface area contributed by atoms with E-state index in [0.717, 1.165) is 0 Å².